The van der Waals surface area contributed by atoms with Crippen LogP contribution in [-0.4, -0.2) is 48.4 Å². The summed E-state index contributed by atoms with van der Waals surface area (Å²) in [6.07, 6.45) is 1.87. The summed E-state index contributed by atoms with van der Waals surface area (Å²) in [5.41, 5.74) is 12.2. The average molecular weight is 462 g/mol. The molecule has 170 valence electrons. The molecule has 12 heteroatoms. The number of benzene rings is 1. The predicted octanol–water partition coefficient (Wildman–Crippen LogP) is 1.32. The van der Waals surface area contributed by atoms with Crippen LogP contribution < -0.4 is 32.5 Å². The first-order valence-corrected chi connectivity index (χ1v) is 11.2. The monoisotopic (exact) mass is 461 g/mol. The van der Waals surface area contributed by atoms with Crippen LogP contribution in [0.4, 0.5) is 15.8 Å². The molecule has 3 heterocycles. The summed E-state index contributed by atoms with van der Waals surface area (Å²) >= 11 is 1.14. The Morgan fingerprint density at radius 2 is 2.16 bits per heavy atom. The van der Waals surface area contributed by atoms with Gasteiger partial charge in [-0.3, -0.25) is 14.0 Å². The lowest BCUT2D eigenvalue weighted by atomic mass is 10.1. The topological polar surface area (TPSA) is 130 Å². The summed E-state index contributed by atoms with van der Waals surface area (Å²) < 4.78 is 20.5. The molecule has 0 spiro atoms. The maximum atomic E-state index is 15.9. The summed E-state index contributed by atoms with van der Waals surface area (Å²) in [6, 6.07) is 1.87. The molecule has 2 aliphatic rings. The van der Waals surface area contributed by atoms with E-state index >= 15 is 4.39 Å². The van der Waals surface area contributed by atoms with Crippen LogP contribution in [0.25, 0.3) is 21.1 Å². The molecule has 1 unspecified atom stereocenters. The van der Waals surface area contributed by atoms with Crippen molar-refractivity contribution in [1.82, 2.24) is 14.4 Å². The number of nitrogens with zero attached hydrogens (tertiary/aromatic N) is 3. The van der Waals surface area contributed by atoms with Gasteiger partial charge in [-0.25, -0.2) is 9.82 Å². The number of oxime groups is 1. The SMILES string of the molecule is CNNc1c(F)c(N2CC(=NOC)C(CN)C2)cc2c1c(=O)c1c(=O)[nH]sc1n2C1CC1. The highest BCUT2D eigenvalue weighted by atomic mass is 32.1. The molecule has 0 amide bonds. The number of hydrazine groups is 1. The Morgan fingerprint density at radius 1 is 1.38 bits per heavy atom. The Kier molecular flexibility index (Phi) is 5.14. The molecule has 5 rings (SSSR count). The largest absolute Gasteiger partial charge is 0.399 e. The minimum absolute atomic E-state index is 0.0216. The van der Waals surface area contributed by atoms with Crippen LogP contribution >= 0.6 is 11.5 Å². The lowest BCUT2D eigenvalue weighted by Gasteiger charge is -2.23. The number of nitrogens with one attached hydrogen (secondary N) is 3. The summed E-state index contributed by atoms with van der Waals surface area (Å²) in [7, 11) is 3.06. The molecule has 1 saturated heterocycles. The lowest BCUT2D eigenvalue weighted by Crippen LogP contribution is -2.26. The summed E-state index contributed by atoms with van der Waals surface area (Å²) in [5, 5.41) is 4.29. The maximum Gasteiger partial charge on any atom is 0.271 e. The van der Waals surface area contributed by atoms with Gasteiger partial charge < -0.3 is 25.5 Å². The van der Waals surface area contributed by atoms with Crippen molar-refractivity contribution < 1.29 is 9.23 Å². The number of hydrogen-bond acceptors (Lipinski definition) is 9. The number of H-pyrrole nitrogens is 1. The third kappa shape index (κ3) is 3.09. The molecule has 3 aromatic rings. The molecule has 2 fully saturated rings. The van der Waals surface area contributed by atoms with Gasteiger partial charge in [0.2, 0.25) is 5.43 Å². The number of aromatic amines is 1. The van der Waals surface area contributed by atoms with Gasteiger partial charge >= 0.3 is 0 Å². The Hall–Kier alpha value is -2.96. The highest BCUT2D eigenvalue weighted by Crippen LogP contribution is 2.43. The molecule has 5 N–H and O–H groups in total. The summed E-state index contributed by atoms with van der Waals surface area (Å²) in [5.74, 6) is -0.638. The zero-order chi connectivity index (χ0) is 22.6. The van der Waals surface area contributed by atoms with E-state index in [0.717, 1.165) is 30.1 Å². The van der Waals surface area contributed by atoms with Crippen molar-refractivity contribution >= 4 is 49.7 Å². The molecule has 1 aliphatic heterocycles. The molecule has 1 atom stereocenters. The van der Waals surface area contributed by atoms with Crippen molar-refractivity contribution in [2.45, 2.75) is 18.9 Å². The normalized spacial score (nSPS) is 20.1. The van der Waals surface area contributed by atoms with Crippen LogP contribution in [-0.2, 0) is 4.84 Å². The number of rotatable bonds is 6. The summed E-state index contributed by atoms with van der Waals surface area (Å²) in [6.45, 7) is 1.21. The standard InChI is InChI=1S/C20H24FN7O3S/c1-23-24-17-14-12(28(10-3-4-10)20-15(18(14)29)19(30)26-32-20)5-13(16(17)21)27-7-9(6-22)11(8-27)25-31-2/h5,9-10,23-24H,3-4,6-8,22H2,1-2H3,(H,26,30). The minimum atomic E-state index is -0.577. The highest BCUT2D eigenvalue weighted by Gasteiger charge is 2.34. The molecular formula is C20H24FN7O3S. The van der Waals surface area contributed by atoms with Gasteiger partial charge in [-0.05, 0) is 30.4 Å². The van der Waals surface area contributed by atoms with Crippen LogP contribution in [0.3, 0.4) is 0 Å². The molecule has 1 aliphatic carbocycles. The van der Waals surface area contributed by atoms with Gasteiger partial charge in [0.05, 0.1) is 28.8 Å². The van der Waals surface area contributed by atoms with Crippen molar-refractivity contribution in [2.24, 2.45) is 16.8 Å². The van der Waals surface area contributed by atoms with E-state index in [4.69, 9.17) is 10.6 Å². The Labute approximate surface area is 185 Å². The third-order valence-electron chi connectivity index (χ3n) is 6.10. The number of aromatic nitrogens is 2. The molecule has 0 radical (unpaired) electrons. The Balaban J connectivity index is 1.82. The van der Waals surface area contributed by atoms with Crippen LogP contribution in [0.2, 0.25) is 0 Å². The van der Waals surface area contributed by atoms with E-state index in [-0.39, 0.29) is 28.4 Å². The second-order valence-electron chi connectivity index (χ2n) is 8.08. The average Bonchev–Trinajstić information content (AvgIpc) is 3.42. The minimum Gasteiger partial charge on any atom is -0.399 e. The first-order chi connectivity index (χ1) is 15.5. The number of pyridine rings is 1. The molecule has 10 nitrogen and oxygen atoms in total. The van der Waals surface area contributed by atoms with E-state index in [0.29, 0.717) is 35.7 Å². The number of hydrogen-bond donors (Lipinski definition) is 4. The van der Waals surface area contributed by atoms with Crippen molar-refractivity contribution in [2.75, 3.05) is 44.1 Å². The van der Waals surface area contributed by atoms with Crippen molar-refractivity contribution in [1.29, 1.82) is 0 Å². The van der Waals surface area contributed by atoms with Gasteiger partial charge in [0, 0.05) is 32.1 Å². The molecule has 0 bridgehead atoms. The number of anilines is 2. The van der Waals surface area contributed by atoms with Gasteiger partial charge in [0.1, 0.15) is 23.0 Å². The maximum absolute atomic E-state index is 15.9. The van der Waals surface area contributed by atoms with E-state index in [1.165, 1.54) is 7.11 Å². The van der Waals surface area contributed by atoms with Gasteiger partial charge in [-0.15, -0.1) is 0 Å². The number of halogens is 1. The number of nitrogens with two attached hydrogens (primary N) is 1. The zero-order valence-corrected chi connectivity index (χ0v) is 18.5. The van der Waals surface area contributed by atoms with E-state index in [9.17, 15) is 9.59 Å². The second-order valence-corrected chi connectivity index (χ2v) is 8.87. The zero-order valence-electron chi connectivity index (χ0n) is 17.7. The van der Waals surface area contributed by atoms with Gasteiger partial charge in [0.25, 0.3) is 5.56 Å². The van der Waals surface area contributed by atoms with Gasteiger partial charge in [0.15, 0.2) is 5.82 Å². The fraction of sp³-hybridized carbons (Fsp3) is 0.450. The fourth-order valence-corrected chi connectivity index (χ4v) is 5.42. The second kappa shape index (κ2) is 7.87. The highest BCUT2D eigenvalue weighted by molar-refractivity contribution is 7.12. The molecule has 32 heavy (non-hydrogen) atoms. The fourth-order valence-electron chi connectivity index (χ4n) is 4.49. The molecule has 1 aromatic carbocycles. The third-order valence-corrected chi connectivity index (χ3v) is 6.98. The number of fused-ring (bicyclic) bond motifs is 2. The van der Waals surface area contributed by atoms with Crippen LogP contribution in [0.5, 0.6) is 0 Å². The molecule has 1 saturated carbocycles. The van der Waals surface area contributed by atoms with Crippen LogP contribution in [0, 0.1) is 11.7 Å². The Bertz CT molecular complexity index is 1360. The smallest absolute Gasteiger partial charge is 0.271 e. The molecule has 2 aromatic heterocycles. The lowest BCUT2D eigenvalue weighted by molar-refractivity contribution is 0.211. The first kappa shape index (κ1) is 20.9. The van der Waals surface area contributed by atoms with E-state index in [1.54, 1.807) is 13.1 Å². The summed E-state index contributed by atoms with van der Waals surface area (Å²) in [4.78, 5) is 33.1. The Morgan fingerprint density at radius 3 is 2.81 bits per heavy atom. The van der Waals surface area contributed by atoms with Crippen LogP contribution in [0.15, 0.2) is 20.8 Å². The first-order valence-electron chi connectivity index (χ1n) is 10.4. The van der Waals surface area contributed by atoms with Crippen molar-refractivity contribution in [3.8, 4) is 0 Å². The predicted molar refractivity (Wildman–Crippen MR) is 124 cm³/mol. The van der Waals surface area contributed by atoms with Gasteiger partial charge in [-0.2, -0.15) is 0 Å². The quantitative estimate of drug-likeness (QED) is 0.408. The van der Waals surface area contributed by atoms with Gasteiger partial charge in [-0.1, -0.05) is 5.16 Å². The van der Waals surface area contributed by atoms with E-state index in [1.807, 2.05) is 9.47 Å². The van der Waals surface area contributed by atoms with Crippen molar-refractivity contribution in [3.05, 3.63) is 32.5 Å². The molecular weight excluding hydrogens is 437 g/mol. The van der Waals surface area contributed by atoms with E-state index in [2.05, 4.69) is 20.4 Å². The van der Waals surface area contributed by atoms with Crippen molar-refractivity contribution in [3.63, 3.8) is 0 Å². The van der Waals surface area contributed by atoms with Crippen LogP contribution in [0.1, 0.15) is 18.9 Å². The van der Waals surface area contributed by atoms with E-state index < -0.39 is 16.8 Å².